The summed E-state index contributed by atoms with van der Waals surface area (Å²) >= 11 is 3.83. The predicted octanol–water partition coefficient (Wildman–Crippen LogP) is 0.371. The van der Waals surface area contributed by atoms with Gasteiger partial charge in [-0.05, 0) is 0 Å². The van der Waals surface area contributed by atoms with Gasteiger partial charge in [0.15, 0.2) is 16.7 Å². The van der Waals surface area contributed by atoms with Crippen LogP contribution in [-0.4, -0.2) is 10.9 Å². The molecule has 5 heteroatoms. The quantitative estimate of drug-likeness (QED) is 0.580. The number of thiol groups is 1. The van der Waals surface area contributed by atoms with Crippen molar-refractivity contribution in [3.8, 4) is 0 Å². The summed E-state index contributed by atoms with van der Waals surface area (Å²) in [7, 11) is 0. The monoisotopic (exact) mass is 158 g/mol. The first-order valence-electron chi connectivity index (χ1n) is 2.57. The molecule has 54 valence electrons. The molecular weight excluding hydrogens is 152 g/mol. The van der Waals surface area contributed by atoms with Crippen molar-refractivity contribution in [2.75, 3.05) is 0 Å². The normalized spacial score (nSPS) is 9.80. The van der Waals surface area contributed by atoms with Gasteiger partial charge in [-0.1, -0.05) is 0 Å². The molecule has 0 saturated heterocycles. The Morgan fingerprint density at radius 2 is 2.40 bits per heavy atom. The van der Waals surface area contributed by atoms with E-state index in [4.69, 9.17) is 10.2 Å². The van der Waals surface area contributed by atoms with Crippen molar-refractivity contribution < 1.29 is 9.21 Å². The van der Waals surface area contributed by atoms with Gasteiger partial charge in [0.2, 0.25) is 0 Å². The predicted molar refractivity (Wildman–Crippen MR) is 37.0 cm³/mol. The Kier molecular flexibility index (Phi) is 1.67. The average molecular weight is 158 g/mol. The molecule has 0 atom stereocenters. The van der Waals surface area contributed by atoms with Crippen LogP contribution in [0.25, 0.3) is 0 Å². The minimum absolute atomic E-state index is 0.0841. The number of aromatic nitrogens is 1. The maximum atomic E-state index is 10.5. The van der Waals surface area contributed by atoms with Crippen LogP contribution < -0.4 is 5.73 Å². The molecule has 0 aliphatic heterocycles. The fourth-order valence-corrected chi connectivity index (χ4v) is 0.869. The number of aryl methyl sites for hydroxylation is 1. The summed E-state index contributed by atoms with van der Waals surface area (Å²) < 4.78 is 4.83. The first kappa shape index (κ1) is 7.14. The Morgan fingerprint density at radius 3 is 2.60 bits per heavy atom. The van der Waals surface area contributed by atoms with Crippen LogP contribution in [0, 0.1) is 6.92 Å². The van der Waals surface area contributed by atoms with E-state index >= 15 is 0 Å². The van der Waals surface area contributed by atoms with E-state index < -0.39 is 5.91 Å². The van der Waals surface area contributed by atoms with Gasteiger partial charge in [0.25, 0.3) is 5.91 Å². The Labute approximate surface area is 62.8 Å². The van der Waals surface area contributed by atoms with Crippen molar-refractivity contribution in [1.29, 1.82) is 0 Å². The lowest BCUT2D eigenvalue weighted by molar-refractivity contribution is 0.0991. The van der Waals surface area contributed by atoms with Gasteiger partial charge in [0, 0.05) is 6.92 Å². The molecule has 0 aromatic carbocycles. The van der Waals surface area contributed by atoms with Gasteiger partial charge in [-0.2, -0.15) is 0 Å². The molecular formula is C5H6N2O2S. The summed E-state index contributed by atoms with van der Waals surface area (Å²) in [4.78, 5) is 14.2. The lowest BCUT2D eigenvalue weighted by atomic mass is 10.5. The SMILES string of the molecule is Cc1nc(C(N)=O)c(S)o1. The molecule has 0 radical (unpaired) electrons. The second kappa shape index (κ2) is 2.34. The highest BCUT2D eigenvalue weighted by Crippen LogP contribution is 2.13. The maximum absolute atomic E-state index is 10.5. The van der Waals surface area contributed by atoms with E-state index in [2.05, 4.69) is 17.6 Å². The Balaban J connectivity index is 3.15. The van der Waals surface area contributed by atoms with Crippen LogP contribution in [-0.2, 0) is 0 Å². The van der Waals surface area contributed by atoms with Gasteiger partial charge in [-0.25, -0.2) is 4.98 Å². The van der Waals surface area contributed by atoms with Gasteiger partial charge < -0.3 is 10.2 Å². The first-order valence-corrected chi connectivity index (χ1v) is 3.02. The molecule has 0 aliphatic rings. The average Bonchev–Trinajstić information content (AvgIpc) is 2.10. The molecule has 4 nitrogen and oxygen atoms in total. The number of nitrogens with two attached hydrogens (primary N) is 1. The highest BCUT2D eigenvalue weighted by Gasteiger charge is 2.11. The van der Waals surface area contributed by atoms with Crippen LogP contribution >= 0.6 is 12.6 Å². The van der Waals surface area contributed by atoms with Crippen LogP contribution in [0.5, 0.6) is 0 Å². The number of carbonyl (C=O) groups is 1. The van der Waals surface area contributed by atoms with Crippen molar-refractivity contribution in [1.82, 2.24) is 4.98 Å². The fraction of sp³-hybridized carbons (Fsp3) is 0.200. The van der Waals surface area contributed by atoms with E-state index in [9.17, 15) is 4.79 Å². The molecule has 0 aliphatic carbocycles. The zero-order valence-corrected chi connectivity index (χ0v) is 6.18. The Hall–Kier alpha value is -0.970. The minimum atomic E-state index is -0.623. The summed E-state index contributed by atoms with van der Waals surface area (Å²) in [5.41, 5.74) is 5.00. The van der Waals surface area contributed by atoms with Gasteiger partial charge >= 0.3 is 0 Å². The van der Waals surface area contributed by atoms with E-state index in [1.807, 2.05) is 0 Å². The fourth-order valence-electron chi connectivity index (χ4n) is 0.577. The number of oxazole rings is 1. The number of hydrogen-bond acceptors (Lipinski definition) is 4. The molecule has 0 bridgehead atoms. The van der Waals surface area contributed by atoms with Crippen LogP contribution in [0.2, 0.25) is 0 Å². The molecule has 0 saturated carbocycles. The number of amides is 1. The Morgan fingerprint density at radius 1 is 1.80 bits per heavy atom. The van der Waals surface area contributed by atoms with Gasteiger partial charge in [-0.15, -0.1) is 12.6 Å². The molecule has 10 heavy (non-hydrogen) atoms. The van der Waals surface area contributed by atoms with Gasteiger partial charge in [-0.3, -0.25) is 4.79 Å². The highest BCUT2D eigenvalue weighted by molar-refractivity contribution is 7.80. The number of nitrogens with zero attached hydrogens (tertiary/aromatic N) is 1. The van der Waals surface area contributed by atoms with E-state index in [0.717, 1.165) is 0 Å². The zero-order valence-electron chi connectivity index (χ0n) is 5.29. The molecule has 1 aromatic heterocycles. The lowest BCUT2D eigenvalue weighted by Crippen LogP contribution is -2.11. The van der Waals surface area contributed by atoms with Gasteiger partial charge in [0.05, 0.1) is 0 Å². The van der Waals surface area contributed by atoms with Crippen molar-refractivity contribution in [3.63, 3.8) is 0 Å². The second-order valence-corrected chi connectivity index (χ2v) is 2.16. The molecule has 1 aromatic rings. The minimum Gasteiger partial charge on any atom is -0.434 e. The summed E-state index contributed by atoms with van der Waals surface area (Å²) in [6.07, 6.45) is 0. The van der Waals surface area contributed by atoms with Crippen LogP contribution in [0.1, 0.15) is 16.4 Å². The first-order chi connectivity index (χ1) is 4.61. The molecule has 0 spiro atoms. The van der Waals surface area contributed by atoms with Crippen LogP contribution in [0.4, 0.5) is 0 Å². The summed E-state index contributed by atoms with van der Waals surface area (Å²) in [5, 5.41) is 0.171. The topological polar surface area (TPSA) is 69.1 Å². The van der Waals surface area contributed by atoms with Crippen molar-refractivity contribution in [2.24, 2.45) is 5.73 Å². The number of primary amides is 1. The molecule has 0 fully saturated rings. The summed E-state index contributed by atoms with van der Waals surface area (Å²) in [6, 6.07) is 0. The Bertz CT molecular complexity index is 269. The molecule has 0 unspecified atom stereocenters. The standard InChI is InChI=1S/C5H6N2O2S/c1-2-7-3(4(6)8)5(10)9-2/h10H,1H3,(H2,6,8). The van der Waals surface area contributed by atoms with E-state index in [-0.39, 0.29) is 10.8 Å². The zero-order chi connectivity index (χ0) is 7.72. The molecule has 1 rings (SSSR count). The van der Waals surface area contributed by atoms with Gasteiger partial charge in [0.1, 0.15) is 0 Å². The third-order valence-corrected chi connectivity index (χ3v) is 1.25. The highest BCUT2D eigenvalue weighted by atomic mass is 32.1. The smallest absolute Gasteiger partial charge is 0.271 e. The van der Waals surface area contributed by atoms with Crippen molar-refractivity contribution >= 4 is 18.5 Å². The largest absolute Gasteiger partial charge is 0.434 e. The van der Waals surface area contributed by atoms with Crippen molar-refractivity contribution in [3.05, 3.63) is 11.6 Å². The lowest BCUT2D eigenvalue weighted by Gasteiger charge is -1.83. The number of carbonyl (C=O) groups excluding carboxylic acids is 1. The molecule has 1 heterocycles. The molecule has 1 amide bonds. The summed E-state index contributed by atoms with van der Waals surface area (Å²) in [6.45, 7) is 1.62. The maximum Gasteiger partial charge on any atom is 0.271 e. The van der Waals surface area contributed by atoms with E-state index in [1.54, 1.807) is 6.92 Å². The van der Waals surface area contributed by atoms with E-state index in [0.29, 0.717) is 5.89 Å². The van der Waals surface area contributed by atoms with Crippen LogP contribution in [0.15, 0.2) is 9.51 Å². The number of rotatable bonds is 1. The number of hydrogen-bond donors (Lipinski definition) is 2. The molecule has 2 N–H and O–H groups in total. The summed E-state index contributed by atoms with van der Waals surface area (Å²) in [5.74, 6) is -0.236. The van der Waals surface area contributed by atoms with Crippen molar-refractivity contribution in [2.45, 2.75) is 12.0 Å². The van der Waals surface area contributed by atoms with Crippen LogP contribution in [0.3, 0.4) is 0 Å². The third-order valence-electron chi connectivity index (χ3n) is 0.950. The van der Waals surface area contributed by atoms with E-state index in [1.165, 1.54) is 0 Å². The second-order valence-electron chi connectivity index (χ2n) is 1.75. The third kappa shape index (κ3) is 1.13.